The van der Waals surface area contributed by atoms with E-state index < -0.39 is 0 Å². The number of aromatic nitrogens is 4. The van der Waals surface area contributed by atoms with Gasteiger partial charge in [0, 0.05) is 22.8 Å². The minimum atomic E-state index is -0.138. The van der Waals surface area contributed by atoms with Gasteiger partial charge in [0.2, 0.25) is 11.0 Å². The normalized spacial score (nSPS) is 10.7. The number of rotatable bonds is 6. The number of aryl methyl sites for hydroxylation is 2. The molecule has 0 saturated heterocycles. The maximum absolute atomic E-state index is 12.2. The van der Waals surface area contributed by atoms with E-state index in [1.165, 1.54) is 16.9 Å². The van der Waals surface area contributed by atoms with Crippen LogP contribution >= 0.6 is 11.3 Å². The lowest BCUT2D eigenvalue weighted by Crippen LogP contribution is -2.15. The predicted molar refractivity (Wildman–Crippen MR) is 104 cm³/mol. The van der Waals surface area contributed by atoms with Gasteiger partial charge in [-0.2, -0.15) is 5.10 Å². The number of anilines is 1. The summed E-state index contributed by atoms with van der Waals surface area (Å²) in [4.78, 5) is 20.9. The highest BCUT2D eigenvalue weighted by Gasteiger charge is 2.15. The van der Waals surface area contributed by atoms with Crippen LogP contribution in [0.4, 0.5) is 5.82 Å². The first-order chi connectivity index (χ1) is 12.5. The van der Waals surface area contributed by atoms with E-state index in [0.29, 0.717) is 11.5 Å². The summed E-state index contributed by atoms with van der Waals surface area (Å²) in [6.07, 6.45) is 4.53. The largest absolute Gasteiger partial charge is 0.310 e. The average molecular weight is 367 g/mol. The van der Waals surface area contributed by atoms with Gasteiger partial charge in [0.1, 0.15) is 5.82 Å². The lowest BCUT2D eigenvalue weighted by molar-refractivity contribution is -0.115. The number of hydrogen-bond donors (Lipinski definition) is 1. The Morgan fingerprint density at radius 2 is 2.19 bits per heavy atom. The van der Waals surface area contributed by atoms with Crippen molar-refractivity contribution in [2.24, 2.45) is 0 Å². The van der Waals surface area contributed by atoms with Gasteiger partial charge in [0.05, 0.1) is 17.8 Å². The van der Waals surface area contributed by atoms with Gasteiger partial charge in [-0.1, -0.05) is 6.08 Å². The molecule has 0 aliphatic heterocycles. The third-order valence-electron chi connectivity index (χ3n) is 4.04. The zero-order valence-electron chi connectivity index (χ0n) is 15.1. The van der Waals surface area contributed by atoms with Gasteiger partial charge in [-0.05, 0) is 44.9 Å². The van der Waals surface area contributed by atoms with Crippen molar-refractivity contribution in [3.63, 3.8) is 0 Å². The Morgan fingerprint density at radius 3 is 2.92 bits per heavy atom. The van der Waals surface area contributed by atoms with Crippen LogP contribution < -0.4 is 5.32 Å². The summed E-state index contributed by atoms with van der Waals surface area (Å²) in [6, 6.07) is 3.72. The number of nitrogens with one attached hydrogen (secondary N) is 1. The van der Waals surface area contributed by atoms with Gasteiger partial charge in [0.15, 0.2) is 0 Å². The Labute approximate surface area is 156 Å². The van der Waals surface area contributed by atoms with Gasteiger partial charge in [-0.15, -0.1) is 17.9 Å². The first-order valence-corrected chi connectivity index (χ1v) is 9.19. The van der Waals surface area contributed by atoms with Crippen molar-refractivity contribution in [3.05, 3.63) is 64.6 Å². The molecule has 0 unspecified atom stereocenters. The maximum atomic E-state index is 12.2. The minimum absolute atomic E-state index is 0.138. The topological polar surface area (TPSA) is 72.7 Å². The molecule has 0 atom stereocenters. The molecule has 0 saturated carbocycles. The quantitative estimate of drug-likeness (QED) is 0.676. The summed E-state index contributed by atoms with van der Waals surface area (Å²) in [7, 11) is 0. The van der Waals surface area contributed by atoms with E-state index in [2.05, 4.69) is 27.0 Å². The molecule has 6 nitrogen and oxygen atoms in total. The molecule has 26 heavy (non-hydrogen) atoms. The summed E-state index contributed by atoms with van der Waals surface area (Å²) >= 11 is 1.48. The van der Waals surface area contributed by atoms with Gasteiger partial charge >= 0.3 is 0 Å². The van der Waals surface area contributed by atoms with Crippen molar-refractivity contribution in [1.82, 2.24) is 19.7 Å². The van der Waals surface area contributed by atoms with E-state index in [1.54, 1.807) is 6.20 Å². The Bertz CT molecular complexity index is 957. The molecule has 0 aliphatic rings. The van der Waals surface area contributed by atoms with Crippen LogP contribution in [0.2, 0.25) is 0 Å². The van der Waals surface area contributed by atoms with Gasteiger partial charge in [-0.3, -0.25) is 4.79 Å². The number of pyridine rings is 1. The SMILES string of the molecule is C=CCc1c(C)nn(-c2nc(CC(=O)Nc3cc(C)ccn3)cs2)c1C. The van der Waals surface area contributed by atoms with Crippen molar-refractivity contribution >= 4 is 23.1 Å². The second kappa shape index (κ2) is 7.61. The highest BCUT2D eigenvalue weighted by molar-refractivity contribution is 7.12. The fourth-order valence-electron chi connectivity index (χ4n) is 2.73. The summed E-state index contributed by atoms with van der Waals surface area (Å²) in [6.45, 7) is 9.76. The van der Waals surface area contributed by atoms with Crippen molar-refractivity contribution in [1.29, 1.82) is 0 Å². The number of thiazole rings is 1. The number of carbonyl (C=O) groups is 1. The predicted octanol–water partition coefficient (Wildman–Crippen LogP) is 3.56. The van der Waals surface area contributed by atoms with E-state index in [4.69, 9.17) is 0 Å². The molecule has 1 N–H and O–H groups in total. The molecule has 3 heterocycles. The van der Waals surface area contributed by atoms with Crippen molar-refractivity contribution in [2.45, 2.75) is 33.6 Å². The number of allylic oxidation sites excluding steroid dienone is 1. The van der Waals surface area contributed by atoms with Gasteiger partial charge < -0.3 is 5.32 Å². The maximum Gasteiger partial charge on any atom is 0.231 e. The van der Waals surface area contributed by atoms with E-state index in [-0.39, 0.29) is 12.3 Å². The minimum Gasteiger partial charge on any atom is -0.310 e. The Balaban J connectivity index is 1.73. The zero-order chi connectivity index (χ0) is 18.7. The number of amides is 1. The number of nitrogens with zero attached hydrogens (tertiary/aromatic N) is 4. The molecular formula is C19H21N5OS. The molecule has 1 amide bonds. The van der Waals surface area contributed by atoms with E-state index >= 15 is 0 Å². The number of carbonyl (C=O) groups excluding carboxylic acids is 1. The lowest BCUT2D eigenvalue weighted by Gasteiger charge is -2.03. The van der Waals surface area contributed by atoms with Crippen LogP contribution in [0, 0.1) is 20.8 Å². The second-order valence-electron chi connectivity index (χ2n) is 6.12. The summed E-state index contributed by atoms with van der Waals surface area (Å²) < 4.78 is 1.84. The molecule has 0 aliphatic carbocycles. The standard InChI is InChI=1S/C19H21N5OS/c1-5-6-16-13(3)23-24(14(16)4)19-21-15(11-26-19)10-18(25)22-17-9-12(2)7-8-20-17/h5,7-9,11H,1,6,10H2,2-4H3,(H,20,22,25). The molecule has 7 heteroatoms. The Hall–Kier alpha value is -2.80. The average Bonchev–Trinajstić information content (AvgIpc) is 3.14. The molecule has 3 aromatic rings. The van der Waals surface area contributed by atoms with Crippen LogP contribution in [0.5, 0.6) is 0 Å². The third-order valence-corrected chi connectivity index (χ3v) is 4.90. The lowest BCUT2D eigenvalue weighted by atomic mass is 10.1. The molecule has 0 fully saturated rings. The fraction of sp³-hybridized carbons (Fsp3) is 0.263. The third kappa shape index (κ3) is 3.88. The fourth-order valence-corrected chi connectivity index (χ4v) is 3.56. The number of hydrogen-bond acceptors (Lipinski definition) is 5. The van der Waals surface area contributed by atoms with E-state index in [1.807, 2.05) is 49.0 Å². The molecule has 134 valence electrons. The van der Waals surface area contributed by atoms with Crippen LogP contribution in [-0.2, 0) is 17.6 Å². The van der Waals surface area contributed by atoms with Crippen LogP contribution in [0.25, 0.3) is 5.13 Å². The molecule has 0 radical (unpaired) electrons. The molecule has 3 rings (SSSR count). The molecule has 0 spiro atoms. The monoisotopic (exact) mass is 367 g/mol. The van der Waals surface area contributed by atoms with Crippen molar-refractivity contribution in [2.75, 3.05) is 5.32 Å². The second-order valence-corrected chi connectivity index (χ2v) is 6.96. The first kappa shape index (κ1) is 18.0. The molecule has 0 aromatic carbocycles. The van der Waals surface area contributed by atoms with Gasteiger partial charge in [0.25, 0.3) is 0 Å². The van der Waals surface area contributed by atoms with Gasteiger partial charge in [-0.25, -0.2) is 14.6 Å². The molecular weight excluding hydrogens is 346 g/mol. The van der Waals surface area contributed by atoms with Crippen LogP contribution in [0.3, 0.4) is 0 Å². The zero-order valence-corrected chi connectivity index (χ0v) is 15.9. The van der Waals surface area contributed by atoms with E-state index in [9.17, 15) is 4.79 Å². The van der Waals surface area contributed by atoms with Crippen molar-refractivity contribution < 1.29 is 4.79 Å². The van der Waals surface area contributed by atoms with Crippen LogP contribution in [0.15, 0.2) is 36.4 Å². The van der Waals surface area contributed by atoms with Crippen LogP contribution in [0.1, 0.15) is 28.2 Å². The Kier molecular flexibility index (Phi) is 5.27. The summed E-state index contributed by atoms with van der Waals surface area (Å²) in [5, 5.41) is 10.0. The summed E-state index contributed by atoms with van der Waals surface area (Å²) in [5.74, 6) is 0.415. The highest BCUT2D eigenvalue weighted by atomic mass is 32.1. The Morgan fingerprint density at radius 1 is 1.38 bits per heavy atom. The molecule has 3 aromatic heterocycles. The van der Waals surface area contributed by atoms with E-state index in [0.717, 1.165) is 28.5 Å². The first-order valence-electron chi connectivity index (χ1n) is 8.31. The van der Waals surface area contributed by atoms with Crippen LogP contribution in [-0.4, -0.2) is 25.7 Å². The molecule has 0 bridgehead atoms. The van der Waals surface area contributed by atoms with Crippen molar-refractivity contribution in [3.8, 4) is 5.13 Å². The summed E-state index contributed by atoms with van der Waals surface area (Å²) in [5.41, 5.74) is 4.96. The smallest absolute Gasteiger partial charge is 0.231 e. The highest BCUT2D eigenvalue weighted by Crippen LogP contribution is 2.21.